The standard InChI is InChI=1S/C16H17ClFNO2/c1-20-15-6-4-11(9-16(15)21-2)14(19)8-10-3-5-12(17)13(18)7-10/h3-7,9,14H,8,19H2,1-2H3. The number of benzene rings is 2. The second-order valence-corrected chi connectivity index (χ2v) is 5.08. The van der Waals surface area contributed by atoms with Gasteiger partial charge in [-0.3, -0.25) is 0 Å². The van der Waals surface area contributed by atoms with Crippen LogP contribution in [0.1, 0.15) is 17.2 Å². The van der Waals surface area contributed by atoms with Gasteiger partial charge in [-0.1, -0.05) is 23.7 Å². The van der Waals surface area contributed by atoms with Crippen LogP contribution in [-0.2, 0) is 6.42 Å². The number of nitrogens with two attached hydrogens (primary N) is 1. The van der Waals surface area contributed by atoms with Gasteiger partial charge in [0.25, 0.3) is 0 Å². The molecular weight excluding hydrogens is 293 g/mol. The van der Waals surface area contributed by atoms with Crippen LogP contribution in [0.2, 0.25) is 5.02 Å². The van der Waals surface area contributed by atoms with Crippen LogP contribution in [0, 0.1) is 5.82 Å². The third-order valence-electron chi connectivity index (χ3n) is 3.28. The highest BCUT2D eigenvalue weighted by atomic mass is 35.5. The van der Waals surface area contributed by atoms with Gasteiger partial charge >= 0.3 is 0 Å². The summed E-state index contributed by atoms with van der Waals surface area (Å²) in [5, 5.41) is 0.110. The van der Waals surface area contributed by atoms with E-state index in [9.17, 15) is 4.39 Å². The Bertz CT molecular complexity index is 634. The summed E-state index contributed by atoms with van der Waals surface area (Å²) in [6.45, 7) is 0. The lowest BCUT2D eigenvalue weighted by Gasteiger charge is -2.15. The summed E-state index contributed by atoms with van der Waals surface area (Å²) in [6, 6.07) is 9.94. The Kier molecular flexibility index (Phi) is 5.04. The van der Waals surface area contributed by atoms with Crippen LogP contribution in [-0.4, -0.2) is 14.2 Å². The van der Waals surface area contributed by atoms with Crippen molar-refractivity contribution < 1.29 is 13.9 Å². The average Bonchev–Trinajstić information content (AvgIpc) is 2.50. The van der Waals surface area contributed by atoms with Crippen molar-refractivity contribution in [3.63, 3.8) is 0 Å². The van der Waals surface area contributed by atoms with E-state index < -0.39 is 5.82 Å². The molecule has 112 valence electrons. The fraction of sp³-hybridized carbons (Fsp3) is 0.250. The van der Waals surface area contributed by atoms with Crippen molar-refractivity contribution in [1.29, 1.82) is 0 Å². The SMILES string of the molecule is COc1ccc(C(N)Cc2ccc(Cl)c(F)c2)cc1OC. The number of halogens is 2. The maximum absolute atomic E-state index is 13.4. The fourth-order valence-corrected chi connectivity index (χ4v) is 2.24. The highest BCUT2D eigenvalue weighted by molar-refractivity contribution is 6.30. The van der Waals surface area contributed by atoms with E-state index in [1.807, 2.05) is 12.1 Å². The molecule has 5 heteroatoms. The van der Waals surface area contributed by atoms with Crippen LogP contribution in [0.15, 0.2) is 36.4 Å². The second kappa shape index (κ2) is 6.78. The number of methoxy groups -OCH3 is 2. The third-order valence-corrected chi connectivity index (χ3v) is 3.58. The lowest BCUT2D eigenvalue weighted by atomic mass is 9.99. The largest absolute Gasteiger partial charge is 0.493 e. The summed E-state index contributed by atoms with van der Waals surface area (Å²) in [4.78, 5) is 0. The first kappa shape index (κ1) is 15.6. The fourth-order valence-electron chi connectivity index (χ4n) is 2.12. The van der Waals surface area contributed by atoms with E-state index in [0.29, 0.717) is 17.9 Å². The summed E-state index contributed by atoms with van der Waals surface area (Å²) in [5.74, 6) is 0.826. The lowest BCUT2D eigenvalue weighted by Crippen LogP contribution is -2.13. The average molecular weight is 310 g/mol. The lowest BCUT2D eigenvalue weighted by molar-refractivity contribution is 0.354. The van der Waals surface area contributed by atoms with Gasteiger partial charge in [-0.25, -0.2) is 4.39 Å². The molecule has 1 unspecified atom stereocenters. The van der Waals surface area contributed by atoms with E-state index in [2.05, 4.69) is 0 Å². The summed E-state index contributed by atoms with van der Waals surface area (Å²) >= 11 is 5.67. The topological polar surface area (TPSA) is 44.5 Å². The Hall–Kier alpha value is -1.78. The highest BCUT2D eigenvalue weighted by Gasteiger charge is 2.12. The van der Waals surface area contributed by atoms with Gasteiger partial charge in [-0.15, -0.1) is 0 Å². The number of hydrogen-bond donors (Lipinski definition) is 1. The zero-order valence-corrected chi connectivity index (χ0v) is 12.7. The Morgan fingerprint density at radius 2 is 1.81 bits per heavy atom. The van der Waals surface area contributed by atoms with E-state index in [0.717, 1.165) is 11.1 Å². The molecule has 2 N–H and O–H groups in total. The Balaban J connectivity index is 2.19. The van der Waals surface area contributed by atoms with Gasteiger partial charge in [0, 0.05) is 6.04 Å². The maximum Gasteiger partial charge on any atom is 0.161 e. The Morgan fingerprint density at radius 3 is 2.43 bits per heavy atom. The maximum atomic E-state index is 13.4. The quantitative estimate of drug-likeness (QED) is 0.915. The first-order valence-corrected chi connectivity index (χ1v) is 6.84. The normalized spacial score (nSPS) is 12.0. The monoisotopic (exact) mass is 309 g/mol. The van der Waals surface area contributed by atoms with Crippen LogP contribution in [0.5, 0.6) is 11.5 Å². The molecule has 2 aromatic carbocycles. The van der Waals surface area contributed by atoms with Crippen molar-refractivity contribution in [3.05, 3.63) is 58.4 Å². The van der Waals surface area contributed by atoms with Gasteiger partial charge < -0.3 is 15.2 Å². The first-order chi connectivity index (χ1) is 10.0. The molecule has 0 fully saturated rings. The molecule has 2 rings (SSSR count). The second-order valence-electron chi connectivity index (χ2n) is 4.67. The van der Waals surface area contributed by atoms with Crippen LogP contribution in [0.4, 0.5) is 4.39 Å². The molecule has 1 atom stereocenters. The molecule has 0 saturated carbocycles. The number of ether oxygens (including phenoxy) is 2. The zero-order valence-electron chi connectivity index (χ0n) is 11.9. The van der Waals surface area contributed by atoms with Gasteiger partial charge in [0.05, 0.1) is 19.2 Å². The van der Waals surface area contributed by atoms with Gasteiger partial charge in [0.15, 0.2) is 11.5 Å². The molecule has 0 aliphatic rings. The van der Waals surface area contributed by atoms with Crippen LogP contribution in [0.3, 0.4) is 0 Å². The molecule has 0 spiro atoms. The van der Waals surface area contributed by atoms with Crippen molar-refractivity contribution in [1.82, 2.24) is 0 Å². The van der Waals surface area contributed by atoms with Crippen molar-refractivity contribution in [3.8, 4) is 11.5 Å². The summed E-state index contributed by atoms with van der Waals surface area (Å²) < 4.78 is 23.9. The van der Waals surface area contributed by atoms with Crippen molar-refractivity contribution in [2.24, 2.45) is 5.73 Å². The van der Waals surface area contributed by atoms with E-state index in [4.69, 9.17) is 26.8 Å². The summed E-state index contributed by atoms with van der Waals surface area (Å²) in [6.07, 6.45) is 0.504. The first-order valence-electron chi connectivity index (χ1n) is 6.46. The van der Waals surface area contributed by atoms with Crippen molar-refractivity contribution in [2.45, 2.75) is 12.5 Å². The Morgan fingerprint density at radius 1 is 1.10 bits per heavy atom. The van der Waals surface area contributed by atoms with E-state index >= 15 is 0 Å². The van der Waals surface area contributed by atoms with E-state index in [1.165, 1.54) is 12.1 Å². The molecule has 21 heavy (non-hydrogen) atoms. The minimum Gasteiger partial charge on any atom is -0.493 e. The Labute approximate surface area is 128 Å². The molecule has 0 aromatic heterocycles. The molecule has 0 bridgehead atoms. The predicted molar refractivity (Wildman–Crippen MR) is 81.6 cm³/mol. The van der Waals surface area contributed by atoms with E-state index in [1.54, 1.807) is 26.4 Å². The van der Waals surface area contributed by atoms with Gasteiger partial charge in [0.2, 0.25) is 0 Å². The zero-order chi connectivity index (χ0) is 15.4. The minimum atomic E-state index is -0.436. The minimum absolute atomic E-state index is 0.110. The van der Waals surface area contributed by atoms with Crippen molar-refractivity contribution >= 4 is 11.6 Å². The van der Waals surface area contributed by atoms with E-state index in [-0.39, 0.29) is 11.1 Å². The van der Waals surface area contributed by atoms with Crippen LogP contribution in [0.25, 0.3) is 0 Å². The molecule has 0 aliphatic heterocycles. The molecule has 3 nitrogen and oxygen atoms in total. The summed E-state index contributed by atoms with van der Waals surface area (Å²) in [7, 11) is 3.15. The summed E-state index contributed by atoms with van der Waals surface area (Å²) in [5.41, 5.74) is 7.86. The van der Waals surface area contributed by atoms with Gasteiger partial charge in [0.1, 0.15) is 5.82 Å². The van der Waals surface area contributed by atoms with Crippen molar-refractivity contribution in [2.75, 3.05) is 14.2 Å². The molecule has 0 saturated heterocycles. The number of hydrogen-bond acceptors (Lipinski definition) is 3. The molecule has 0 amide bonds. The molecule has 0 aliphatic carbocycles. The highest BCUT2D eigenvalue weighted by Crippen LogP contribution is 2.30. The molecule has 0 radical (unpaired) electrons. The smallest absolute Gasteiger partial charge is 0.161 e. The van der Waals surface area contributed by atoms with Crippen LogP contribution >= 0.6 is 11.6 Å². The molecule has 2 aromatic rings. The third kappa shape index (κ3) is 3.65. The van der Waals surface area contributed by atoms with Crippen LogP contribution < -0.4 is 15.2 Å². The van der Waals surface area contributed by atoms with Gasteiger partial charge in [-0.05, 0) is 41.8 Å². The molecular formula is C16H17ClFNO2. The molecule has 0 heterocycles. The predicted octanol–water partition coefficient (Wildman–Crippen LogP) is 3.74. The van der Waals surface area contributed by atoms with Gasteiger partial charge in [-0.2, -0.15) is 0 Å². The number of rotatable bonds is 5.